The highest BCUT2D eigenvalue weighted by atomic mass is 19.1. The van der Waals surface area contributed by atoms with Crippen molar-refractivity contribution in [2.24, 2.45) is 0 Å². The minimum Gasteiger partial charge on any atom is -0.396 e. The third kappa shape index (κ3) is 3.10. The van der Waals surface area contributed by atoms with E-state index in [1.165, 1.54) is 12.1 Å². The molecule has 0 saturated carbocycles. The molecule has 1 amide bonds. The zero-order chi connectivity index (χ0) is 14.7. The molecular formula is C12H11FN4O3. The number of amides is 1. The van der Waals surface area contributed by atoms with Crippen molar-refractivity contribution in [2.75, 3.05) is 11.1 Å². The molecule has 2 aromatic rings. The van der Waals surface area contributed by atoms with Crippen LogP contribution < -0.4 is 22.2 Å². The van der Waals surface area contributed by atoms with E-state index in [-0.39, 0.29) is 12.2 Å². The van der Waals surface area contributed by atoms with E-state index in [1.807, 2.05) is 0 Å². The molecule has 0 aliphatic carbocycles. The molecule has 0 saturated heterocycles. The summed E-state index contributed by atoms with van der Waals surface area (Å²) in [5, 5.41) is 4.65. The summed E-state index contributed by atoms with van der Waals surface area (Å²) in [5.74, 6) is -1.15. The Balaban J connectivity index is 2.13. The van der Waals surface area contributed by atoms with Gasteiger partial charge in [0.2, 0.25) is 5.91 Å². The predicted octanol–water partition coefficient (Wildman–Crippen LogP) is -0.103. The zero-order valence-corrected chi connectivity index (χ0v) is 10.2. The lowest BCUT2D eigenvalue weighted by Gasteiger charge is -2.07. The highest BCUT2D eigenvalue weighted by Gasteiger charge is 2.07. The Labute approximate surface area is 111 Å². The van der Waals surface area contributed by atoms with Crippen molar-refractivity contribution in [1.29, 1.82) is 0 Å². The highest BCUT2D eigenvalue weighted by Crippen LogP contribution is 2.16. The van der Waals surface area contributed by atoms with E-state index in [9.17, 15) is 18.8 Å². The van der Waals surface area contributed by atoms with Gasteiger partial charge in [-0.05, 0) is 18.2 Å². The van der Waals surface area contributed by atoms with Crippen molar-refractivity contribution in [3.05, 3.63) is 56.9 Å². The van der Waals surface area contributed by atoms with Crippen LogP contribution in [0.4, 0.5) is 15.8 Å². The maximum Gasteiger partial charge on any atom is 0.265 e. The number of halogens is 1. The van der Waals surface area contributed by atoms with Gasteiger partial charge in [-0.1, -0.05) is 0 Å². The number of carbonyl (C=O) groups is 1. The number of rotatable bonds is 3. The molecule has 0 fully saturated rings. The maximum atomic E-state index is 13.0. The van der Waals surface area contributed by atoms with Gasteiger partial charge >= 0.3 is 0 Å². The first kappa shape index (κ1) is 13.5. The molecule has 0 aliphatic rings. The Hall–Kier alpha value is -2.90. The third-order valence-corrected chi connectivity index (χ3v) is 2.47. The van der Waals surface area contributed by atoms with E-state index < -0.39 is 22.8 Å². The van der Waals surface area contributed by atoms with Crippen LogP contribution in [0.25, 0.3) is 0 Å². The van der Waals surface area contributed by atoms with E-state index in [0.29, 0.717) is 5.69 Å². The lowest BCUT2D eigenvalue weighted by molar-refractivity contribution is -0.117. The molecule has 0 radical (unpaired) electrons. The van der Waals surface area contributed by atoms with Crippen LogP contribution in [-0.4, -0.2) is 15.7 Å². The molecule has 4 N–H and O–H groups in total. The Kier molecular flexibility index (Phi) is 3.65. The number of hydrogen-bond acceptors (Lipinski definition) is 4. The molecule has 1 aromatic carbocycles. The summed E-state index contributed by atoms with van der Waals surface area (Å²) in [4.78, 5) is 34.2. The van der Waals surface area contributed by atoms with Gasteiger partial charge in [-0.2, -0.15) is 0 Å². The van der Waals surface area contributed by atoms with Crippen LogP contribution in [0.5, 0.6) is 0 Å². The molecule has 8 heteroatoms. The molecule has 1 heterocycles. The topological polar surface area (TPSA) is 110 Å². The second kappa shape index (κ2) is 5.39. The second-order valence-electron chi connectivity index (χ2n) is 4.02. The van der Waals surface area contributed by atoms with Gasteiger partial charge in [-0.15, -0.1) is 0 Å². The molecule has 2 rings (SSSR count). The number of benzene rings is 1. The fraction of sp³-hybridized carbons (Fsp3) is 0.0833. The first-order valence-corrected chi connectivity index (χ1v) is 5.61. The SMILES string of the molecule is Nc1cc(NC(=O)Cn2[nH]c(=O)ccc2=O)ccc1F. The number of nitrogen functional groups attached to an aromatic ring is 1. The fourth-order valence-electron chi connectivity index (χ4n) is 1.55. The van der Waals surface area contributed by atoms with Crippen LogP contribution in [0.2, 0.25) is 0 Å². The fourth-order valence-corrected chi connectivity index (χ4v) is 1.55. The number of H-pyrrole nitrogens is 1. The number of aromatic nitrogens is 2. The summed E-state index contributed by atoms with van der Waals surface area (Å²) >= 11 is 0. The van der Waals surface area contributed by atoms with Crippen LogP contribution in [-0.2, 0) is 11.3 Å². The summed E-state index contributed by atoms with van der Waals surface area (Å²) in [6.07, 6.45) is 0. The minimum atomic E-state index is -0.591. The summed E-state index contributed by atoms with van der Waals surface area (Å²) < 4.78 is 13.8. The number of nitrogens with one attached hydrogen (secondary N) is 2. The number of carbonyl (C=O) groups excluding carboxylic acids is 1. The highest BCUT2D eigenvalue weighted by molar-refractivity contribution is 5.90. The van der Waals surface area contributed by atoms with E-state index in [2.05, 4.69) is 10.4 Å². The molecule has 0 bridgehead atoms. The number of nitrogens with zero attached hydrogens (tertiary/aromatic N) is 1. The maximum absolute atomic E-state index is 13.0. The lowest BCUT2D eigenvalue weighted by Crippen LogP contribution is -2.32. The van der Waals surface area contributed by atoms with E-state index in [1.54, 1.807) is 0 Å². The number of anilines is 2. The van der Waals surface area contributed by atoms with Crippen LogP contribution in [0, 0.1) is 5.82 Å². The molecular weight excluding hydrogens is 267 g/mol. The largest absolute Gasteiger partial charge is 0.396 e. The first-order valence-electron chi connectivity index (χ1n) is 5.61. The van der Waals surface area contributed by atoms with Gasteiger partial charge in [-0.3, -0.25) is 19.5 Å². The average Bonchev–Trinajstić information content (AvgIpc) is 2.38. The standard InChI is InChI=1S/C12H11FN4O3/c13-8-2-1-7(5-9(8)14)15-11(19)6-17-12(20)4-3-10(18)16-17/h1-5H,6,14H2,(H,15,19)(H,16,18). The Bertz CT molecular complexity index is 766. The van der Waals surface area contributed by atoms with Gasteiger partial charge < -0.3 is 11.1 Å². The van der Waals surface area contributed by atoms with Crippen LogP contribution in [0.15, 0.2) is 39.9 Å². The van der Waals surface area contributed by atoms with Gasteiger partial charge in [0.1, 0.15) is 12.4 Å². The molecule has 104 valence electrons. The van der Waals surface area contributed by atoms with Crippen molar-refractivity contribution >= 4 is 17.3 Å². The average molecular weight is 278 g/mol. The van der Waals surface area contributed by atoms with Crippen LogP contribution in [0.3, 0.4) is 0 Å². The molecule has 0 aliphatic heterocycles. The van der Waals surface area contributed by atoms with Crippen molar-refractivity contribution in [2.45, 2.75) is 6.54 Å². The van der Waals surface area contributed by atoms with Crippen molar-refractivity contribution < 1.29 is 9.18 Å². The molecule has 7 nitrogen and oxygen atoms in total. The van der Waals surface area contributed by atoms with Gasteiger partial charge in [-0.25, -0.2) is 9.07 Å². The Morgan fingerprint density at radius 3 is 2.75 bits per heavy atom. The molecule has 0 spiro atoms. The van der Waals surface area contributed by atoms with Gasteiger partial charge in [0, 0.05) is 17.8 Å². The third-order valence-electron chi connectivity index (χ3n) is 2.47. The first-order chi connectivity index (χ1) is 9.45. The minimum absolute atomic E-state index is 0.104. The number of nitrogens with two attached hydrogens (primary N) is 1. The van der Waals surface area contributed by atoms with Crippen molar-refractivity contribution in [1.82, 2.24) is 9.78 Å². The Morgan fingerprint density at radius 1 is 1.30 bits per heavy atom. The number of hydrogen-bond donors (Lipinski definition) is 3. The predicted molar refractivity (Wildman–Crippen MR) is 70.8 cm³/mol. The normalized spacial score (nSPS) is 10.2. The van der Waals surface area contributed by atoms with E-state index >= 15 is 0 Å². The van der Waals surface area contributed by atoms with Gasteiger partial charge in [0.05, 0.1) is 5.69 Å². The van der Waals surface area contributed by atoms with Gasteiger partial charge in [0.25, 0.3) is 11.1 Å². The molecule has 20 heavy (non-hydrogen) atoms. The van der Waals surface area contributed by atoms with Crippen molar-refractivity contribution in [3.8, 4) is 0 Å². The second-order valence-corrected chi connectivity index (χ2v) is 4.02. The van der Waals surface area contributed by atoms with E-state index in [0.717, 1.165) is 22.9 Å². The van der Waals surface area contributed by atoms with Crippen molar-refractivity contribution in [3.63, 3.8) is 0 Å². The summed E-state index contributed by atoms with van der Waals surface area (Å²) in [7, 11) is 0. The summed E-state index contributed by atoms with van der Waals surface area (Å²) in [6, 6.07) is 5.82. The van der Waals surface area contributed by atoms with Crippen LogP contribution in [0.1, 0.15) is 0 Å². The monoisotopic (exact) mass is 278 g/mol. The molecule has 0 unspecified atom stereocenters. The van der Waals surface area contributed by atoms with Crippen LogP contribution >= 0.6 is 0 Å². The summed E-state index contributed by atoms with van der Waals surface area (Å²) in [6.45, 7) is -0.369. The molecule has 1 aromatic heterocycles. The smallest absolute Gasteiger partial charge is 0.265 e. The van der Waals surface area contributed by atoms with Gasteiger partial charge in [0.15, 0.2) is 0 Å². The lowest BCUT2D eigenvalue weighted by atomic mass is 10.2. The Morgan fingerprint density at radius 2 is 2.05 bits per heavy atom. The molecule has 0 atom stereocenters. The van der Waals surface area contributed by atoms with E-state index in [4.69, 9.17) is 5.73 Å². The number of aromatic amines is 1. The zero-order valence-electron chi connectivity index (χ0n) is 10.2. The summed E-state index contributed by atoms with van der Waals surface area (Å²) in [5.41, 5.74) is 4.54. The quantitative estimate of drug-likeness (QED) is 0.681.